The minimum Gasteiger partial charge on any atom is -0.440 e. The minimum atomic E-state index is -4.57. The van der Waals surface area contributed by atoms with Crippen LogP contribution in [0.3, 0.4) is 0 Å². The van der Waals surface area contributed by atoms with Gasteiger partial charge in [-0.25, -0.2) is 4.79 Å². The highest BCUT2D eigenvalue weighted by Gasteiger charge is 2.33. The molecule has 0 saturated carbocycles. The van der Waals surface area contributed by atoms with Crippen molar-refractivity contribution in [1.29, 1.82) is 0 Å². The predicted octanol–water partition coefficient (Wildman–Crippen LogP) is 3.30. The maximum Gasteiger partial charge on any atom is 0.422 e. The number of carbonyl (C=O) groups excluding carboxylic acids is 3. The molecule has 1 heterocycles. The van der Waals surface area contributed by atoms with E-state index in [1.165, 1.54) is 6.92 Å². The Morgan fingerprint density at radius 1 is 1.14 bits per heavy atom. The smallest absolute Gasteiger partial charge is 0.422 e. The first-order valence-corrected chi connectivity index (χ1v) is 8.73. The molecule has 0 aromatic heterocycles. The molecule has 2 N–H and O–H groups in total. The summed E-state index contributed by atoms with van der Waals surface area (Å²) in [5, 5.41) is 5.49. The van der Waals surface area contributed by atoms with Gasteiger partial charge in [0.15, 0.2) is 6.61 Å². The first-order chi connectivity index (χ1) is 13.1. The van der Waals surface area contributed by atoms with Gasteiger partial charge < -0.3 is 20.3 Å². The van der Waals surface area contributed by atoms with E-state index in [-0.39, 0.29) is 30.8 Å². The second-order valence-electron chi connectivity index (χ2n) is 6.58. The number of benzene rings is 1. The van der Waals surface area contributed by atoms with Crippen LogP contribution in [0.5, 0.6) is 0 Å². The molecule has 28 heavy (non-hydrogen) atoms. The van der Waals surface area contributed by atoms with Crippen LogP contribution >= 0.6 is 0 Å². The summed E-state index contributed by atoms with van der Waals surface area (Å²) in [5.41, 5.74) is 1.86. The number of hydrogen-bond donors (Lipinski definition) is 2. The van der Waals surface area contributed by atoms with Gasteiger partial charge in [0.05, 0.1) is 0 Å². The first-order valence-electron chi connectivity index (χ1n) is 8.73. The molecule has 7 nitrogen and oxygen atoms in total. The second-order valence-corrected chi connectivity index (χ2v) is 6.58. The lowest BCUT2D eigenvalue weighted by Crippen LogP contribution is -2.42. The molecule has 0 aliphatic carbocycles. The number of rotatable bonds is 4. The Morgan fingerprint density at radius 3 is 2.25 bits per heavy atom. The number of nitrogens with zero attached hydrogens (tertiary/aromatic N) is 1. The van der Waals surface area contributed by atoms with E-state index >= 15 is 0 Å². The lowest BCUT2D eigenvalue weighted by atomic mass is 9.96. The second kappa shape index (κ2) is 8.94. The van der Waals surface area contributed by atoms with Crippen molar-refractivity contribution in [3.05, 3.63) is 23.8 Å². The van der Waals surface area contributed by atoms with E-state index in [1.54, 1.807) is 25.1 Å². The van der Waals surface area contributed by atoms with Gasteiger partial charge in [-0.1, -0.05) is 6.07 Å². The quantitative estimate of drug-likeness (QED) is 0.810. The number of carbonyl (C=O) groups is 3. The summed E-state index contributed by atoms with van der Waals surface area (Å²) in [5.74, 6) is -0.849. The summed E-state index contributed by atoms with van der Waals surface area (Å²) < 4.78 is 40.6. The summed E-state index contributed by atoms with van der Waals surface area (Å²) in [6.45, 7) is 1.80. The summed E-state index contributed by atoms with van der Waals surface area (Å²) >= 11 is 0. The fourth-order valence-corrected chi connectivity index (χ4v) is 2.89. The normalized spacial score (nSPS) is 15.1. The van der Waals surface area contributed by atoms with E-state index in [2.05, 4.69) is 15.4 Å². The zero-order valence-corrected chi connectivity index (χ0v) is 15.6. The maximum absolute atomic E-state index is 12.5. The Bertz CT molecular complexity index is 744. The molecule has 1 saturated heterocycles. The van der Waals surface area contributed by atoms with Gasteiger partial charge in [-0.15, -0.1) is 0 Å². The lowest BCUT2D eigenvalue weighted by Gasteiger charge is -2.30. The Balaban J connectivity index is 1.89. The molecule has 3 amide bonds. The minimum absolute atomic E-state index is 0.139. The highest BCUT2D eigenvalue weighted by Crippen LogP contribution is 2.26. The standard InChI is InChI=1S/C18H22F3N3O4/c1-11-14(22-12(2)25)4-3-5-15(11)23-16(26)13-6-8-24(9-7-13)17(27)28-10-18(19,20)21/h3-5,13H,6-10H2,1-2H3,(H,22,25)(H,23,26). The van der Waals surface area contributed by atoms with E-state index in [1.807, 2.05) is 0 Å². The van der Waals surface area contributed by atoms with Gasteiger partial charge in [0.25, 0.3) is 0 Å². The Morgan fingerprint density at radius 2 is 1.71 bits per heavy atom. The number of nitrogens with one attached hydrogen (secondary N) is 2. The number of ether oxygens (including phenoxy) is 1. The fourth-order valence-electron chi connectivity index (χ4n) is 2.89. The Kier molecular flexibility index (Phi) is 6.87. The van der Waals surface area contributed by atoms with Crippen molar-refractivity contribution in [3.8, 4) is 0 Å². The molecule has 1 aliphatic rings. The van der Waals surface area contributed by atoms with Gasteiger partial charge in [0.2, 0.25) is 11.8 Å². The highest BCUT2D eigenvalue weighted by atomic mass is 19.4. The lowest BCUT2D eigenvalue weighted by molar-refractivity contribution is -0.162. The van der Waals surface area contributed by atoms with Crippen molar-refractivity contribution < 1.29 is 32.3 Å². The van der Waals surface area contributed by atoms with Crippen LogP contribution < -0.4 is 10.6 Å². The van der Waals surface area contributed by atoms with Crippen molar-refractivity contribution in [2.24, 2.45) is 5.92 Å². The van der Waals surface area contributed by atoms with Crippen LogP contribution in [0, 0.1) is 12.8 Å². The molecular weight excluding hydrogens is 379 g/mol. The van der Waals surface area contributed by atoms with E-state index in [0.717, 1.165) is 4.90 Å². The molecule has 0 spiro atoms. The van der Waals surface area contributed by atoms with Crippen LogP contribution in [-0.2, 0) is 14.3 Å². The predicted molar refractivity (Wildman–Crippen MR) is 95.8 cm³/mol. The zero-order valence-electron chi connectivity index (χ0n) is 15.6. The Hall–Kier alpha value is -2.78. The van der Waals surface area contributed by atoms with Crippen molar-refractivity contribution >= 4 is 29.3 Å². The van der Waals surface area contributed by atoms with Crippen LogP contribution in [0.15, 0.2) is 18.2 Å². The molecule has 10 heteroatoms. The molecule has 1 aromatic carbocycles. The number of likely N-dealkylation sites (tertiary alicyclic amines) is 1. The van der Waals surface area contributed by atoms with Crippen molar-refractivity contribution in [1.82, 2.24) is 4.90 Å². The van der Waals surface area contributed by atoms with Crippen LogP contribution in [-0.4, -0.2) is 48.7 Å². The van der Waals surface area contributed by atoms with Crippen molar-refractivity contribution in [2.75, 3.05) is 30.3 Å². The van der Waals surface area contributed by atoms with Crippen molar-refractivity contribution in [3.63, 3.8) is 0 Å². The third-order valence-corrected chi connectivity index (χ3v) is 4.39. The molecule has 0 unspecified atom stereocenters. The molecule has 0 atom stereocenters. The molecule has 1 aromatic rings. The molecule has 0 radical (unpaired) electrons. The number of alkyl halides is 3. The zero-order chi connectivity index (χ0) is 20.9. The monoisotopic (exact) mass is 401 g/mol. The summed E-state index contributed by atoms with van der Waals surface area (Å²) in [6.07, 6.45) is -4.97. The average Bonchev–Trinajstić information content (AvgIpc) is 2.62. The average molecular weight is 401 g/mol. The summed E-state index contributed by atoms with van der Waals surface area (Å²) in [4.78, 5) is 36.6. The van der Waals surface area contributed by atoms with Gasteiger partial charge in [-0.3, -0.25) is 9.59 Å². The molecular formula is C18H22F3N3O4. The van der Waals surface area contributed by atoms with Gasteiger partial charge >= 0.3 is 12.3 Å². The van der Waals surface area contributed by atoms with Gasteiger partial charge in [0.1, 0.15) is 0 Å². The van der Waals surface area contributed by atoms with E-state index in [9.17, 15) is 27.6 Å². The molecule has 154 valence electrons. The third kappa shape index (κ3) is 6.14. The Labute approximate surface area is 160 Å². The summed E-state index contributed by atoms with van der Waals surface area (Å²) in [7, 11) is 0. The van der Waals surface area contributed by atoms with Gasteiger partial charge in [-0.2, -0.15) is 13.2 Å². The third-order valence-electron chi connectivity index (χ3n) is 4.39. The van der Waals surface area contributed by atoms with Gasteiger partial charge in [-0.05, 0) is 37.5 Å². The van der Waals surface area contributed by atoms with Crippen LogP contribution in [0.1, 0.15) is 25.3 Å². The topological polar surface area (TPSA) is 87.7 Å². The van der Waals surface area contributed by atoms with Crippen LogP contribution in [0.2, 0.25) is 0 Å². The van der Waals surface area contributed by atoms with E-state index < -0.39 is 18.9 Å². The number of anilines is 2. The number of piperidine rings is 1. The van der Waals surface area contributed by atoms with Crippen LogP contribution in [0.25, 0.3) is 0 Å². The maximum atomic E-state index is 12.5. The molecule has 0 bridgehead atoms. The number of hydrogen-bond acceptors (Lipinski definition) is 4. The number of amides is 3. The molecule has 1 aliphatic heterocycles. The first kappa shape index (κ1) is 21.5. The largest absolute Gasteiger partial charge is 0.440 e. The molecule has 1 fully saturated rings. The van der Waals surface area contributed by atoms with E-state index in [4.69, 9.17) is 0 Å². The van der Waals surface area contributed by atoms with Crippen LogP contribution in [0.4, 0.5) is 29.3 Å². The fraction of sp³-hybridized carbons (Fsp3) is 0.500. The SMILES string of the molecule is CC(=O)Nc1cccc(NC(=O)C2CCN(C(=O)OCC(F)(F)F)CC2)c1C. The van der Waals surface area contributed by atoms with E-state index in [0.29, 0.717) is 29.8 Å². The van der Waals surface area contributed by atoms with Crippen molar-refractivity contribution in [2.45, 2.75) is 32.9 Å². The summed E-state index contributed by atoms with van der Waals surface area (Å²) in [6, 6.07) is 5.13. The number of halogens is 3. The van der Waals surface area contributed by atoms with Gasteiger partial charge in [0, 0.05) is 37.3 Å². The highest BCUT2D eigenvalue weighted by molar-refractivity contribution is 5.96. The molecule has 2 rings (SSSR count).